The van der Waals surface area contributed by atoms with E-state index in [0.29, 0.717) is 12.1 Å². The van der Waals surface area contributed by atoms with Gasteiger partial charge in [0.05, 0.1) is 18.8 Å². The van der Waals surface area contributed by atoms with Gasteiger partial charge in [-0.15, -0.1) is 0 Å². The highest BCUT2D eigenvalue weighted by atomic mass is 79.9. The summed E-state index contributed by atoms with van der Waals surface area (Å²) in [5.74, 6) is 0.861. The molecular formula is C13H18BrN3O. The molecule has 1 aromatic heterocycles. The number of anilines is 1. The third kappa shape index (κ3) is 2.38. The highest BCUT2D eigenvalue weighted by Gasteiger charge is 2.35. The number of aromatic nitrogens is 2. The van der Waals surface area contributed by atoms with Crippen molar-refractivity contribution in [2.45, 2.75) is 43.2 Å². The van der Waals surface area contributed by atoms with E-state index in [1.807, 2.05) is 12.4 Å². The van der Waals surface area contributed by atoms with E-state index in [2.05, 4.69) is 30.8 Å². The molecule has 2 aliphatic rings. The Morgan fingerprint density at radius 3 is 2.83 bits per heavy atom. The van der Waals surface area contributed by atoms with Crippen molar-refractivity contribution in [3.05, 3.63) is 18.0 Å². The van der Waals surface area contributed by atoms with Gasteiger partial charge in [-0.25, -0.2) is 9.97 Å². The number of hydrogen-bond acceptors (Lipinski definition) is 4. The molecule has 1 aliphatic heterocycles. The molecule has 2 atom stereocenters. The number of ether oxygens (including phenoxy) is 1. The maximum absolute atomic E-state index is 5.87. The SMILES string of the molecule is BrCc1cnc(N2CCOC3CCCCC32)nc1. The topological polar surface area (TPSA) is 38.2 Å². The number of rotatable bonds is 2. The fourth-order valence-corrected chi connectivity index (χ4v) is 3.20. The summed E-state index contributed by atoms with van der Waals surface area (Å²) in [6, 6.07) is 0.474. The van der Waals surface area contributed by atoms with Gasteiger partial charge in [0, 0.05) is 24.3 Å². The summed E-state index contributed by atoms with van der Waals surface area (Å²) < 4.78 is 5.87. The Morgan fingerprint density at radius 1 is 1.28 bits per heavy atom. The van der Waals surface area contributed by atoms with E-state index in [4.69, 9.17) is 4.74 Å². The number of nitrogens with zero attached hydrogens (tertiary/aromatic N) is 3. The van der Waals surface area contributed by atoms with Crippen LogP contribution in [-0.4, -0.2) is 35.3 Å². The normalized spacial score (nSPS) is 27.9. The lowest BCUT2D eigenvalue weighted by atomic mass is 9.90. The lowest BCUT2D eigenvalue weighted by Gasteiger charge is -2.43. The Labute approximate surface area is 116 Å². The van der Waals surface area contributed by atoms with Crippen molar-refractivity contribution >= 4 is 21.9 Å². The Morgan fingerprint density at radius 2 is 2.06 bits per heavy atom. The molecule has 0 bridgehead atoms. The molecule has 0 amide bonds. The number of morpholine rings is 1. The fraction of sp³-hybridized carbons (Fsp3) is 0.692. The molecule has 2 heterocycles. The van der Waals surface area contributed by atoms with Gasteiger partial charge in [0.25, 0.3) is 0 Å². The van der Waals surface area contributed by atoms with Crippen molar-refractivity contribution in [3.8, 4) is 0 Å². The molecule has 1 saturated heterocycles. The average molecular weight is 312 g/mol. The number of halogens is 1. The quantitative estimate of drug-likeness (QED) is 0.787. The van der Waals surface area contributed by atoms with Gasteiger partial charge in [0.15, 0.2) is 0 Å². The van der Waals surface area contributed by atoms with Crippen molar-refractivity contribution in [1.82, 2.24) is 9.97 Å². The highest BCUT2D eigenvalue weighted by Crippen LogP contribution is 2.30. The molecule has 1 aliphatic carbocycles. The Hall–Kier alpha value is -0.680. The molecule has 18 heavy (non-hydrogen) atoms. The molecule has 0 radical (unpaired) electrons. The molecular weight excluding hydrogens is 294 g/mol. The van der Waals surface area contributed by atoms with Crippen LogP contribution in [0.3, 0.4) is 0 Å². The molecule has 1 aromatic rings. The predicted octanol–water partition coefficient (Wildman–Crippen LogP) is 2.52. The molecule has 4 nitrogen and oxygen atoms in total. The van der Waals surface area contributed by atoms with Crippen LogP contribution in [0.15, 0.2) is 12.4 Å². The number of fused-ring (bicyclic) bond motifs is 1. The molecule has 2 unspecified atom stereocenters. The molecule has 2 fully saturated rings. The fourth-order valence-electron chi connectivity index (χ4n) is 2.91. The standard InChI is InChI=1S/C13H18BrN3O/c14-7-10-8-15-13(16-9-10)17-5-6-18-12-4-2-1-3-11(12)17/h8-9,11-12H,1-7H2. The van der Waals surface area contributed by atoms with Gasteiger partial charge in [-0.1, -0.05) is 28.8 Å². The minimum Gasteiger partial charge on any atom is -0.374 e. The number of hydrogen-bond donors (Lipinski definition) is 0. The van der Waals surface area contributed by atoms with Crippen LogP contribution in [0.4, 0.5) is 5.95 Å². The summed E-state index contributed by atoms with van der Waals surface area (Å²) in [5.41, 5.74) is 1.12. The van der Waals surface area contributed by atoms with Crippen molar-refractivity contribution < 1.29 is 4.74 Å². The largest absolute Gasteiger partial charge is 0.374 e. The Kier molecular flexibility index (Phi) is 3.80. The zero-order chi connectivity index (χ0) is 12.4. The second kappa shape index (κ2) is 5.53. The van der Waals surface area contributed by atoms with Gasteiger partial charge in [-0.2, -0.15) is 0 Å². The highest BCUT2D eigenvalue weighted by molar-refractivity contribution is 9.08. The second-order valence-electron chi connectivity index (χ2n) is 4.98. The molecule has 0 aromatic carbocycles. The van der Waals surface area contributed by atoms with Crippen LogP contribution < -0.4 is 4.90 Å². The molecule has 98 valence electrons. The molecule has 1 saturated carbocycles. The first-order chi connectivity index (χ1) is 8.88. The molecule has 0 spiro atoms. The lowest BCUT2D eigenvalue weighted by molar-refractivity contribution is -0.00932. The van der Waals surface area contributed by atoms with E-state index in [9.17, 15) is 0 Å². The van der Waals surface area contributed by atoms with Gasteiger partial charge >= 0.3 is 0 Å². The monoisotopic (exact) mass is 311 g/mol. The van der Waals surface area contributed by atoms with Gasteiger partial charge in [0.1, 0.15) is 0 Å². The van der Waals surface area contributed by atoms with Crippen molar-refractivity contribution in [2.24, 2.45) is 0 Å². The summed E-state index contributed by atoms with van der Waals surface area (Å²) in [6.45, 7) is 1.71. The van der Waals surface area contributed by atoms with Crippen molar-refractivity contribution in [3.63, 3.8) is 0 Å². The van der Waals surface area contributed by atoms with E-state index in [-0.39, 0.29) is 0 Å². The predicted molar refractivity (Wildman–Crippen MR) is 74.0 cm³/mol. The van der Waals surface area contributed by atoms with Gasteiger partial charge < -0.3 is 9.64 Å². The second-order valence-corrected chi connectivity index (χ2v) is 5.54. The minimum absolute atomic E-state index is 0.381. The van der Waals surface area contributed by atoms with Crippen LogP contribution in [0.1, 0.15) is 31.2 Å². The first-order valence-corrected chi connectivity index (χ1v) is 7.76. The average Bonchev–Trinajstić information content (AvgIpc) is 2.47. The van der Waals surface area contributed by atoms with Crippen LogP contribution in [-0.2, 0) is 10.1 Å². The van der Waals surface area contributed by atoms with E-state index in [1.54, 1.807) is 0 Å². The molecule has 5 heteroatoms. The maximum Gasteiger partial charge on any atom is 0.225 e. The van der Waals surface area contributed by atoms with Gasteiger partial charge in [0.2, 0.25) is 5.95 Å². The summed E-state index contributed by atoms with van der Waals surface area (Å²) in [7, 11) is 0. The first-order valence-electron chi connectivity index (χ1n) is 6.63. The van der Waals surface area contributed by atoms with E-state index < -0.39 is 0 Å². The van der Waals surface area contributed by atoms with E-state index in [1.165, 1.54) is 25.7 Å². The lowest BCUT2D eigenvalue weighted by Crippen LogP contribution is -2.53. The zero-order valence-electron chi connectivity index (χ0n) is 10.4. The van der Waals surface area contributed by atoms with Gasteiger partial charge in [-0.05, 0) is 18.4 Å². The third-order valence-corrected chi connectivity index (χ3v) is 4.48. The maximum atomic E-state index is 5.87. The van der Waals surface area contributed by atoms with Gasteiger partial charge in [-0.3, -0.25) is 0 Å². The molecule has 0 N–H and O–H groups in total. The summed E-state index contributed by atoms with van der Waals surface area (Å²) >= 11 is 3.42. The Bertz CT molecular complexity index is 396. The van der Waals surface area contributed by atoms with Crippen molar-refractivity contribution in [2.75, 3.05) is 18.1 Å². The minimum atomic E-state index is 0.381. The van der Waals surface area contributed by atoms with Crippen LogP contribution in [0.25, 0.3) is 0 Å². The first kappa shape index (κ1) is 12.4. The van der Waals surface area contributed by atoms with E-state index in [0.717, 1.165) is 30.0 Å². The van der Waals surface area contributed by atoms with Crippen LogP contribution in [0, 0.1) is 0 Å². The number of alkyl halides is 1. The molecule has 3 rings (SSSR count). The van der Waals surface area contributed by atoms with Crippen LogP contribution in [0.5, 0.6) is 0 Å². The van der Waals surface area contributed by atoms with Crippen molar-refractivity contribution in [1.29, 1.82) is 0 Å². The van der Waals surface area contributed by atoms with E-state index >= 15 is 0 Å². The summed E-state index contributed by atoms with van der Waals surface area (Å²) in [6.07, 6.45) is 9.16. The third-order valence-electron chi connectivity index (χ3n) is 3.84. The smallest absolute Gasteiger partial charge is 0.225 e. The summed E-state index contributed by atoms with van der Waals surface area (Å²) in [5, 5.41) is 0.808. The summed E-state index contributed by atoms with van der Waals surface area (Å²) in [4.78, 5) is 11.3. The van der Waals surface area contributed by atoms with Crippen LogP contribution in [0.2, 0.25) is 0 Å². The Balaban J connectivity index is 1.80. The van der Waals surface area contributed by atoms with Crippen LogP contribution >= 0.6 is 15.9 Å². The zero-order valence-corrected chi connectivity index (χ0v) is 12.0.